The first-order valence-corrected chi connectivity index (χ1v) is 21.6. The smallest absolute Gasteiger partial charge is 0.407 e. The zero-order valence-electron chi connectivity index (χ0n) is 35.6. The van der Waals surface area contributed by atoms with Gasteiger partial charge in [0, 0.05) is 34.0 Å². The van der Waals surface area contributed by atoms with Gasteiger partial charge in [-0.2, -0.15) is 0 Å². The number of nitrogens with one attached hydrogen (secondary N) is 4. The number of carbonyl (C=O) groups is 4. The second-order valence-electron chi connectivity index (χ2n) is 18.1. The highest BCUT2D eigenvalue weighted by Crippen LogP contribution is 2.55. The fourth-order valence-electron chi connectivity index (χ4n) is 10.0. The molecule has 14 nitrogen and oxygen atoms in total. The van der Waals surface area contributed by atoms with Crippen molar-refractivity contribution in [3.05, 3.63) is 83.4 Å². The number of rotatable bonds is 8. The highest BCUT2D eigenvalue weighted by atomic mass is 16.5. The van der Waals surface area contributed by atoms with Crippen LogP contribution in [0.15, 0.2) is 60.7 Å². The number of carbonyl (C=O) groups excluding carboxylic acids is 4. The summed E-state index contributed by atoms with van der Waals surface area (Å²) in [4.78, 5) is 73.2. The Morgan fingerprint density at radius 3 is 1.44 bits per heavy atom. The summed E-state index contributed by atoms with van der Waals surface area (Å²) >= 11 is 0. The second-order valence-corrected chi connectivity index (χ2v) is 18.1. The molecule has 4 aliphatic rings. The van der Waals surface area contributed by atoms with Crippen molar-refractivity contribution < 1.29 is 28.7 Å². The fourth-order valence-corrected chi connectivity index (χ4v) is 10.0. The zero-order chi connectivity index (χ0) is 43.1. The van der Waals surface area contributed by atoms with Crippen molar-refractivity contribution in [2.75, 3.05) is 14.2 Å². The molecule has 4 aromatic carbocycles. The molecule has 6 aromatic rings. The van der Waals surface area contributed by atoms with Gasteiger partial charge in [-0.25, -0.2) is 19.6 Å². The number of H-pyrrole nitrogens is 2. The molecule has 14 heteroatoms. The summed E-state index contributed by atoms with van der Waals surface area (Å²) in [6, 6.07) is 19.0. The molecule has 2 saturated heterocycles. The van der Waals surface area contributed by atoms with E-state index >= 15 is 0 Å². The molecule has 2 aliphatic carbocycles. The van der Waals surface area contributed by atoms with Gasteiger partial charge in [0.05, 0.1) is 48.4 Å². The van der Waals surface area contributed by atoms with E-state index < -0.39 is 24.3 Å². The van der Waals surface area contributed by atoms with Crippen LogP contribution in [-0.4, -0.2) is 92.1 Å². The van der Waals surface area contributed by atoms with Crippen molar-refractivity contribution in [2.24, 2.45) is 23.7 Å². The molecular formula is C48H50N8O6. The third-order valence-electron chi connectivity index (χ3n) is 13.5. The van der Waals surface area contributed by atoms with E-state index in [1.165, 1.54) is 14.2 Å². The summed E-state index contributed by atoms with van der Waals surface area (Å²) in [5.41, 5.74) is 5.25. The Kier molecular flexibility index (Phi) is 9.61. The number of aromatic nitrogens is 4. The number of hydrogen-bond acceptors (Lipinski definition) is 8. The normalized spacial score (nSPS) is 23.3. The average molecular weight is 835 g/mol. The highest BCUT2D eigenvalue weighted by molar-refractivity contribution is 6.06. The third-order valence-corrected chi connectivity index (χ3v) is 13.5. The number of methoxy groups -OCH3 is 2. The van der Waals surface area contributed by atoms with Crippen LogP contribution in [0, 0.1) is 35.5 Å². The van der Waals surface area contributed by atoms with Crippen molar-refractivity contribution in [3.63, 3.8) is 0 Å². The Bertz CT molecular complexity index is 2700. The van der Waals surface area contributed by atoms with Gasteiger partial charge in [0.15, 0.2) is 0 Å². The van der Waals surface area contributed by atoms with Crippen molar-refractivity contribution in [2.45, 2.75) is 89.6 Å². The Morgan fingerprint density at radius 1 is 0.629 bits per heavy atom. The van der Waals surface area contributed by atoms with Crippen LogP contribution in [-0.2, 0) is 19.1 Å². The number of fused-ring (bicyclic) bond motifs is 8. The Morgan fingerprint density at radius 2 is 1.05 bits per heavy atom. The van der Waals surface area contributed by atoms with E-state index in [4.69, 9.17) is 19.4 Å². The molecule has 2 saturated carbocycles. The van der Waals surface area contributed by atoms with Crippen molar-refractivity contribution >= 4 is 67.6 Å². The average Bonchev–Trinajstić information content (AvgIpc) is 3.91. The van der Waals surface area contributed by atoms with Crippen molar-refractivity contribution in [3.8, 4) is 11.8 Å². The van der Waals surface area contributed by atoms with Gasteiger partial charge in [-0.3, -0.25) is 9.59 Å². The molecule has 4 heterocycles. The van der Waals surface area contributed by atoms with E-state index in [-0.39, 0.29) is 47.8 Å². The van der Waals surface area contributed by atoms with Crippen LogP contribution in [0.5, 0.6) is 0 Å². The van der Waals surface area contributed by atoms with Gasteiger partial charge >= 0.3 is 12.2 Å². The van der Waals surface area contributed by atoms with Crippen LogP contribution < -0.4 is 10.6 Å². The lowest BCUT2D eigenvalue weighted by Gasteiger charge is -2.31. The Hall–Kier alpha value is -6.62. The number of likely N-dealkylation sites (tertiary alicyclic amines) is 2. The van der Waals surface area contributed by atoms with E-state index in [1.807, 2.05) is 61.8 Å². The van der Waals surface area contributed by atoms with E-state index in [0.29, 0.717) is 11.8 Å². The van der Waals surface area contributed by atoms with Gasteiger partial charge in [-0.1, -0.05) is 63.8 Å². The zero-order valence-corrected chi connectivity index (χ0v) is 35.6. The first kappa shape index (κ1) is 39.5. The molecular weight excluding hydrogens is 785 g/mol. The number of ether oxygens (including phenoxy) is 2. The molecule has 2 aliphatic heterocycles. The van der Waals surface area contributed by atoms with E-state index in [9.17, 15) is 19.2 Å². The highest BCUT2D eigenvalue weighted by Gasteiger charge is 2.57. The van der Waals surface area contributed by atoms with Crippen molar-refractivity contribution in [1.82, 2.24) is 40.4 Å². The lowest BCUT2D eigenvalue weighted by Crippen LogP contribution is -2.52. The summed E-state index contributed by atoms with van der Waals surface area (Å²) in [5, 5.41) is 9.53. The monoisotopic (exact) mass is 834 g/mol. The number of benzene rings is 4. The molecule has 0 bridgehead atoms. The maximum absolute atomic E-state index is 13.9. The summed E-state index contributed by atoms with van der Waals surface area (Å²) in [6.07, 6.45) is 2.37. The second kappa shape index (κ2) is 15.1. The van der Waals surface area contributed by atoms with Gasteiger partial charge in [-0.05, 0) is 96.5 Å². The summed E-state index contributed by atoms with van der Waals surface area (Å²) < 4.78 is 9.64. The topological polar surface area (TPSA) is 175 Å². The summed E-state index contributed by atoms with van der Waals surface area (Å²) in [6.45, 7) is 7.69. The molecule has 4 amide bonds. The number of amides is 4. The van der Waals surface area contributed by atoms with Gasteiger partial charge in [0.2, 0.25) is 11.8 Å². The van der Waals surface area contributed by atoms with Gasteiger partial charge in [-0.15, -0.1) is 0 Å². The van der Waals surface area contributed by atoms with Crippen LogP contribution >= 0.6 is 0 Å². The third kappa shape index (κ3) is 6.84. The van der Waals surface area contributed by atoms with Crippen LogP contribution in [0.1, 0.15) is 88.2 Å². The summed E-state index contributed by atoms with van der Waals surface area (Å²) in [5.74, 6) is 8.68. The maximum atomic E-state index is 13.9. The largest absolute Gasteiger partial charge is 0.453 e. The van der Waals surface area contributed by atoms with E-state index in [2.05, 4.69) is 68.8 Å². The molecule has 2 unspecified atom stereocenters. The van der Waals surface area contributed by atoms with Gasteiger partial charge < -0.3 is 39.9 Å². The predicted molar refractivity (Wildman–Crippen MR) is 234 cm³/mol. The molecule has 8 atom stereocenters. The molecule has 0 spiro atoms. The molecule has 2 aromatic heterocycles. The van der Waals surface area contributed by atoms with Crippen LogP contribution in [0.4, 0.5) is 9.59 Å². The van der Waals surface area contributed by atoms with E-state index in [0.717, 1.165) is 92.1 Å². The fraction of sp³-hybridized carbons (Fsp3) is 0.417. The van der Waals surface area contributed by atoms with Gasteiger partial charge in [0.1, 0.15) is 23.7 Å². The van der Waals surface area contributed by atoms with E-state index in [1.54, 1.807) is 0 Å². The Balaban J connectivity index is 0.881. The number of hydrogen-bond donors (Lipinski definition) is 4. The Labute approximate surface area is 358 Å². The lowest BCUT2D eigenvalue weighted by atomic mass is 10.0. The van der Waals surface area contributed by atoms with Crippen LogP contribution in [0.25, 0.3) is 43.6 Å². The quantitative estimate of drug-likeness (QED) is 0.116. The van der Waals surface area contributed by atoms with Crippen molar-refractivity contribution in [1.29, 1.82) is 0 Å². The van der Waals surface area contributed by atoms with Crippen LogP contribution in [0.2, 0.25) is 0 Å². The minimum atomic E-state index is -0.689. The minimum Gasteiger partial charge on any atom is -0.453 e. The molecule has 62 heavy (non-hydrogen) atoms. The lowest BCUT2D eigenvalue weighted by molar-refractivity contribution is -0.137. The SMILES string of the molecule is COC(=O)N[C@H](C(=O)N1C2CC2C[C@H]1c1nc2c(ccc3cc(C#Cc4ccc5c(ccc6[nH]c([C@@H]7C[C@H]8C[C@H]8N7C(=O)[C@@H](NC(=O)OC)C(C)C)nc65)c4)ccc32)[nH]1)C(C)C. The number of alkyl carbamates (subject to hydrolysis) is 2. The first-order chi connectivity index (χ1) is 29.9. The first-order valence-electron chi connectivity index (χ1n) is 21.6. The number of imidazole rings is 2. The molecule has 10 rings (SSSR count). The van der Waals surface area contributed by atoms with Gasteiger partial charge in [0.25, 0.3) is 0 Å². The predicted octanol–water partition coefficient (Wildman–Crippen LogP) is 7.23. The number of nitrogens with zero attached hydrogens (tertiary/aromatic N) is 4. The maximum Gasteiger partial charge on any atom is 0.407 e. The molecule has 4 N–H and O–H groups in total. The summed E-state index contributed by atoms with van der Waals surface area (Å²) in [7, 11) is 2.61. The molecule has 318 valence electrons. The standard InChI is InChI=1S/C48H50N8O6/c1-23(2)39(53-47(59)61-5)45(57)55-35-19-29(35)21-37(55)43-49-33-15-11-27-17-25(9-13-31(27)41(33)51-43)7-8-26-10-14-32-28(18-26)12-16-34-42(32)52-44(50-34)38-22-30-20-36(30)56(38)46(58)40(24(3)4)54-48(60)62-6/h9-18,23-24,29-30,35-40H,19-22H2,1-6H3,(H,49,51)(H,50,52)(H,53,59)(H,54,60)/t29-,30?,35-,36?,37+,38+,39+,40+/m1/s1. The molecule has 0 radical (unpaired) electrons. The number of aromatic amines is 2. The molecule has 4 fully saturated rings. The van der Waals surface area contributed by atoms with Crippen LogP contribution in [0.3, 0.4) is 0 Å². The minimum absolute atomic E-state index is 0.103. The number of piperidine rings is 2.